The molecule has 1 aromatic heterocycles. The molecular formula is C9H16NO6P2+. The van der Waals surface area contributed by atoms with Gasteiger partial charge in [-0.25, -0.2) is 4.57 Å². The highest BCUT2D eigenvalue weighted by Crippen LogP contribution is 2.68. The van der Waals surface area contributed by atoms with E-state index in [2.05, 4.69) is 0 Å². The minimum atomic E-state index is -5.16. The summed E-state index contributed by atoms with van der Waals surface area (Å²) in [6.07, 6.45) is 2.59. The molecule has 18 heavy (non-hydrogen) atoms. The maximum absolute atomic E-state index is 11.6. The van der Waals surface area contributed by atoms with Gasteiger partial charge in [-0.3, -0.25) is 9.13 Å². The quantitative estimate of drug-likeness (QED) is 0.450. The molecule has 1 heterocycles. The molecule has 0 saturated heterocycles. The van der Waals surface area contributed by atoms with Gasteiger partial charge >= 0.3 is 7.60 Å². The summed E-state index contributed by atoms with van der Waals surface area (Å²) < 4.78 is 24.5. The van der Waals surface area contributed by atoms with Gasteiger partial charge in [-0.05, 0) is 6.07 Å². The zero-order valence-electron chi connectivity index (χ0n) is 9.96. The Morgan fingerprint density at radius 1 is 1.33 bits per heavy atom. The number of aryl methyl sites for hydroxylation is 1. The molecule has 102 valence electrons. The average Bonchev–Trinajstić information content (AvgIpc) is 2.13. The van der Waals surface area contributed by atoms with E-state index in [9.17, 15) is 19.1 Å². The standard InChI is InChI=1S/C9H15NO6P2/c1-10-5-3-4-8(7-10)6-9(11,17(2,12)13)18(14,15)16/h3-5,7,11H,6H2,1-2H3,(H2-,12,13,14,15,16)/p+1. The summed E-state index contributed by atoms with van der Waals surface area (Å²) in [5.41, 5.74) is 0.349. The fourth-order valence-corrected chi connectivity index (χ4v) is 4.32. The summed E-state index contributed by atoms with van der Waals surface area (Å²) in [5.74, 6) is 0. The Hall–Kier alpha value is -0.550. The lowest BCUT2D eigenvalue weighted by Crippen LogP contribution is -2.33. The third kappa shape index (κ3) is 3.06. The molecule has 4 N–H and O–H groups in total. The Labute approximate surface area is 104 Å². The largest absolute Gasteiger partial charge is 0.369 e. The maximum atomic E-state index is 11.6. The average molecular weight is 296 g/mol. The van der Waals surface area contributed by atoms with Crippen LogP contribution in [-0.4, -0.2) is 31.5 Å². The Kier molecular flexibility index (Phi) is 4.18. The normalized spacial score (nSPS) is 19.0. The van der Waals surface area contributed by atoms with Gasteiger partial charge in [-0.2, -0.15) is 0 Å². The van der Waals surface area contributed by atoms with Crippen molar-refractivity contribution in [3.63, 3.8) is 0 Å². The van der Waals surface area contributed by atoms with Gasteiger partial charge in [-0.15, -0.1) is 0 Å². The smallest absolute Gasteiger partial charge is 0.367 e. The molecule has 0 aromatic carbocycles. The second-order valence-electron chi connectivity index (χ2n) is 4.25. The van der Waals surface area contributed by atoms with Crippen molar-refractivity contribution < 1.29 is 33.5 Å². The predicted octanol–water partition coefficient (Wildman–Crippen LogP) is -0.222. The molecule has 9 heteroatoms. The topological polar surface area (TPSA) is 119 Å². The molecule has 0 radical (unpaired) electrons. The van der Waals surface area contributed by atoms with Crippen LogP contribution >= 0.6 is 15.0 Å². The van der Waals surface area contributed by atoms with Crippen molar-refractivity contribution in [2.24, 2.45) is 7.05 Å². The molecule has 0 amide bonds. The van der Waals surface area contributed by atoms with Gasteiger partial charge in [-0.1, -0.05) is 0 Å². The molecule has 2 atom stereocenters. The van der Waals surface area contributed by atoms with Crippen LogP contribution in [0, 0.1) is 0 Å². The molecule has 2 unspecified atom stereocenters. The van der Waals surface area contributed by atoms with Gasteiger partial charge in [0.15, 0.2) is 12.4 Å². The zero-order chi connectivity index (χ0) is 14.2. The van der Waals surface area contributed by atoms with E-state index in [0.717, 1.165) is 6.66 Å². The van der Waals surface area contributed by atoms with Gasteiger partial charge in [0.05, 0.1) is 0 Å². The Balaban J connectivity index is 3.25. The van der Waals surface area contributed by atoms with Crippen molar-refractivity contribution in [2.45, 2.75) is 11.5 Å². The number of rotatable bonds is 4. The molecule has 7 nitrogen and oxygen atoms in total. The lowest BCUT2D eigenvalue weighted by atomic mass is 10.2. The maximum Gasteiger partial charge on any atom is 0.367 e. The van der Waals surface area contributed by atoms with Crippen LogP contribution in [0.3, 0.4) is 0 Å². The minimum Gasteiger partial charge on any atom is -0.369 e. The van der Waals surface area contributed by atoms with E-state index in [1.54, 1.807) is 23.9 Å². The molecule has 1 rings (SSSR count). The summed E-state index contributed by atoms with van der Waals surface area (Å²) in [5, 5.41) is 6.98. The molecule has 0 aliphatic heterocycles. The van der Waals surface area contributed by atoms with Crippen LogP contribution in [0.25, 0.3) is 0 Å². The fraction of sp³-hybridized carbons (Fsp3) is 0.444. The first-order valence-corrected chi connectivity index (χ1v) is 8.72. The third-order valence-electron chi connectivity index (χ3n) is 2.57. The second kappa shape index (κ2) is 4.85. The summed E-state index contributed by atoms with van der Waals surface area (Å²) in [6, 6.07) is 3.11. The van der Waals surface area contributed by atoms with E-state index >= 15 is 0 Å². The van der Waals surface area contributed by atoms with Crippen LogP contribution in [0.15, 0.2) is 24.5 Å². The van der Waals surface area contributed by atoms with E-state index in [0.29, 0.717) is 5.56 Å². The van der Waals surface area contributed by atoms with Crippen LogP contribution in [0.1, 0.15) is 5.56 Å². The first-order chi connectivity index (χ1) is 7.97. The number of aliphatic hydroxyl groups is 1. The highest BCUT2D eigenvalue weighted by atomic mass is 31.2. The second-order valence-corrected chi connectivity index (χ2v) is 8.93. The molecule has 0 bridgehead atoms. The molecule has 0 fully saturated rings. The van der Waals surface area contributed by atoms with Gasteiger partial charge in [0, 0.05) is 24.7 Å². The highest BCUT2D eigenvalue weighted by Gasteiger charge is 2.56. The van der Waals surface area contributed by atoms with E-state index in [1.807, 2.05) is 0 Å². The Bertz CT molecular complexity index is 512. The summed E-state index contributed by atoms with van der Waals surface area (Å²) in [6.45, 7) is 0.731. The number of pyridine rings is 1. The lowest BCUT2D eigenvalue weighted by Gasteiger charge is -2.30. The van der Waals surface area contributed by atoms with Gasteiger partial charge in [0.2, 0.25) is 12.5 Å². The van der Waals surface area contributed by atoms with Crippen molar-refractivity contribution in [1.29, 1.82) is 0 Å². The van der Waals surface area contributed by atoms with E-state index in [-0.39, 0.29) is 0 Å². The van der Waals surface area contributed by atoms with Crippen LogP contribution < -0.4 is 4.57 Å². The van der Waals surface area contributed by atoms with Crippen molar-refractivity contribution in [2.75, 3.05) is 6.66 Å². The lowest BCUT2D eigenvalue weighted by molar-refractivity contribution is -0.671. The van der Waals surface area contributed by atoms with Crippen molar-refractivity contribution in [3.8, 4) is 0 Å². The monoisotopic (exact) mass is 296 g/mol. The first kappa shape index (κ1) is 15.5. The third-order valence-corrected chi connectivity index (χ3v) is 7.05. The number of nitrogens with zero attached hydrogens (tertiary/aromatic N) is 1. The molecule has 0 aliphatic carbocycles. The van der Waals surface area contributed by atoms with Gasteiger partial charge < -0.3 is 19.8 Å². The fourth-order valence-electron chi connectivity index (χ4n) is 1.52. The summed E-state index contributed by atoms with van der Waals surface area (Å²) in [4.78, 5) is 27.7. The molecule has 0 spiro atoms. The predicted molar refractivity (Wildman–Crippen MR) is 64.1 cm³/mol. The molecule has 1 aromatic rings. The van der Waals surface area contributed by atoms with Crippen LogP contribution in [-0.2, 0) is 22.6 Å². The van der Waals surface area contributed by atoms with Crippen molar-refractivity contribution in [1.82, 2.24) is 0 Å². The van der Waals surface area contributed by atoms with Crippen LogP contribution in [0.5, 0.6) is 0 Å². The van der Waals surface area contributed by atoms with E-state index in [4.69, 9.17) is 9.79 Å². The van der Waals surface area contributed by atoms with Gasteiger partial charge in [0.25, 0.3) is 0 Å². The number of hydrogen-bond acceptors (Lipinski definition) is 3. The van der Waals surface area contributed by atoms with Crippen LogP contribution in [0.2, 0.25) is 0 Å². The van der Waals surface area contributed by atoms with E-state index in [1.165, 1.54) is 12.3 Å². The van der Waals surface area contributed by atoms with Crippen molar-refractivity contribution >= 4 is 15.0 Å². The highest BCUT2D eigenvalue weighted by molar-refractivity contribution is 7.74. The minimum absolute atomic E-state index is 0.349. The number of hydrogen-bond donors (Lipinski definition) is 4. The Morgan fingerprint density at radius 2 is 1.89 bits per heavy atom. The first-order valence-electron chi connectivity index (χ1n) is 5.00. The molecule has 0 saturated carbocycles. The van der Waals surface area contributed by atoms with Crippen LogP contribution in [0.4, 0.5) is 0 Å². The SMILES string of the molecule is C[n+]1cccc(CC(O)(P(C)(=O)O)P(=O)(O)O)c1. The summed E-state index contributed by atoms with van der Waals surface area (Å²) in [7, 11) is -7.88. The Morgan fingerprint density at radius 3 is 2.28 bits per heavy atom. The van der Waals surface area contributed by atoms with Crippen molar-refractivity contribution in [3.05, 3.63) is 30.1 Å². The molecule has 0 aliphatic rings. The van der Waals surface area contributed by atoms with E-state index < -0.39 is 26.5 Å². The van der Waals surface area contributed by atoms with Gasteiger partial charge in [0.1, 0.15) is 7.05 Å². The zero-order valence-corrected chi connectivity index (χ0v) is 11.8. The summed E-state index contributed by atoms with van der Waals surface area (Å²) >= 11 is 0. The molecular weight excluding hydrogens is 280 g/mol. The number of aromatic nitrogens is 1.